The van der Waals surface area contributed by atoms with E-state index in [0.717, 1.165) is 18.7 Å². The first-order valence-electron chi connectivity index (χ1n) is 10.1. The Morgan fingerprint density at radius 1 is 1.13 bits per heavy atom. The Balaban J connectivity index is 1.32. The van der Waals surface area contributed by atoms with Crippen LogP contribution in [0.1, 0.15) is 34.9 Å². The van der Waals surface area contributed by atoms with E-state index in [1.54, 1.807) is 17.0 Å². The molecule has 3 aromatic rings. The fourth-order valence-corrected chi connectivity index (χ4v) is 3.61. The normalized spacial score (nSPS) is 15.7. The standard InChI is InChI=1S/C23H24N2O5/c1-17(18-6-3-2-4-7-18)30-22-16-29-19(14-20(22)26)15-24-9-11-25(12-10-24)23(27)21-8-5-13-28-21/h2-8,13-14,16-17H,9-12,15H2,1H3/p+1/t17-/m0/s1. The van der Waals surface area contributed by atoms with Gasteiger partial charge in [-0.3, -0.25) is 9.59 Å². The molecule has 1 aliphatic heterocycles. The Bertz CT molecular complexity index is 1020. The number of hydrogen-bond acceptors (Lipinski definition) is 5. The van der Waals surface area contributed by atoms with E-state index in [-0.39, 0.29) is 23.2 Å². The molecule has 1 amide bonds. The van der Waals surface area contributed by atoms with E-state index in [1.165, 1.54) is 23.5 Å². The summed E-state index contributed by atoms with van der Waals surface area (Å²) in [6.45, 7) is 5.31. The zero-order valence-corrected chi connectivity index (χ0v) is 16.9. The van der Waals surface area contributed by atoms with Gasteiger partial charge < -0.3 is 23.4 Å². The summed E-state index contributed by atoms with van der Waals surface area (Å²) in [7, 11) is 0. The zero-order chi connectivity index (χ0) is 20.9. The second-order valence-corrected chi connectivity index (χ2v) is 7.44. The lowest BCUT2D eigenvalue weighted by atomic mass is 10.1. The Hall–Kier alpha value is -3.32. The number of ether oxygens (including phenoxy) is 1. The van der Waals surface area contributed by atoms with E-state index in [4.69, 9.17) is 13.6 Å². The average molecular weight is 409 g/mol. The number of quaternary nitrogens is 1. The quantitative estimate of drug-likeness (QED) is 0.673. The van der Waals surface area contributed by atoms with Crippen LogP contribution in [0.3, 0.4) is 0 Å². The molecular weight excluding hydrogens is 384 g/mol. The molecule has 3 heterocycles. The molecule has 1 aliphatic rings. The number of hydrogen-bond donors (Lipinski definition) is 1. The summed E-state index contributed by atoms with van der Waals surface area (Å²) in [4.78, 5) is 27.9. The summed E-state index contributed by atoms with van der Waals surface area (Å²) in [6, 6.07) is 14.6. The van der Waals surface area contributed by atoms with Gasteiger partial charge in [-0.15, -0.1) is 0 Å². The van der Waals surface area contributed by atoms with Crippen molar-refractivity contribution in [2.24, 2.45) is 0 Å². The van der Waals surface area contributed by atoms with Gasteiger partial charge in [0.25, 0.3) is 5.91 Å². The van der Waals surface area contributed by atoms with Crippen LogP contribution in [0.2, 0.25) is 0 Å². The van der Waals surface area contributed by atoms with Crippen LogP contribution in [-0.4, -0.2) is 37.0 Å². The maximum atomic E-state index is 12.5. The smallest absolute Gasteiger partial charge is 0.289 e. The number of rotatable bonds is 6. The van der Waals surface area contributed by atoms with Crippen LogP contribution in [0.15, 0.2) is 74.7 Å². The van der Waals surface area contributed by atoms with Gasteiger partial charge in [0.15, 0.2) is 11.5 Å². The second kappa shape index (κ2) is 9.00. The highest BCUT2D eigenvalue weighted by atomic mass is 16.5. The van der Waals surface area contributed by atoms with Gasteiger partial charge in [0.1, 0.15) is 18.9 Å². The van der Waals surface area contributed by atoms with Gasteiger partial charge in [-0.25, -0.2) is 0 Å². The van der Waals surface area contributed by atoms with Crippen molar-refractivity contribution in [2.75, 3.05) is 26.2 Å². The molecule has 4 rings (SSSR count). The number of nitrogens with one attached hydrogen (secondary N) is 1. The first-order chi connectivity index (χ1) is 14.6. The topological polar surface area (TPSA) is 77.3 Å². The molecule has 1 saturated heterocycles. The van der Waals surface area contributed by atoms with Crippen molar-refractivity contribution >= 4 is 5.91 Å². The fraction of sp³-hybridized carbons (Fsp3) is 0.304. The van der Waals surface area contributed by atoms with Gasteiger partial charge in [-0.1, -0.05) is 30.3 Å². The molecule has 1 aromatic carbocycles. The van der Waals surface area contributed by atoms with Gasteiger partial charge in [0.05, 0.1) is 32.4 Å². The summed E-state index contributed by atoms with van der Waals surface area (Å²) in [5.74, 6) is 1.10. The lowest BCUT2D eigenvalue weighted by Gasteiger charge is -2.31. The lowest BCUT2D eigenvalue weighted by Crippen LogP contribution is -3.13. The fourth-order valence-electron chi connectivity index (χ4n) is 3.61. The maximum absolute atomic E-state index is 12.5. The lowest BCUT2D eigenvalue weighted by molar-refractivity contribution is -0.918. The number of carbonyl (C=O) groups excluding carboxylic acids is 1. The minimum atomic E-state index is -0.245. The van der Waals surface area contributed by atoms with Crippen molar-refractivity contribution in [3.8, 4) is 5.75 Å². The van der Waals surface area contributed by atoms with Crippen molar-refractivity contribution in [3.05, 3.63) is 88.4 Å². The van der Waals surface area contributed by atoms with Crippen LogP contribution >= 0.6 is 0 Å². The molecule has 0 saturated carbocycles. The van der Waals surface area contributed by atoms with Crippen LogP contribution in [-0.2, 0) is 6.54 Å². The van der Waals surface area contributed by atoms with Crippen molar-refractivity contribution in [3.63, 3.8) is 0 Å². The Morgan fingerprint density at radius 2 is 1.90 bits per heavy atom. The predicted molar refractivity (Wildman–Crippen MR) is 109 cm³/mol. The molecule has 0 radical (unpaired) electrons. The third kappa shape index (κ3) is 4.63. The number of piperazine rings is 1. The number of nitrogens with zero attached hydrogens (tertiary/aromatic N) is 1. The summed E-state index contributed by atoms with van der Waals surface area (Å²) in [5, 5.41) is 0. The minimum absolute atomic E-state index is 0.0837. The molecule has 7 nitrogen and oxygen atoms in total. The summed E-state index contributed by atoms with van der Waals surface area (Å²) in [6.07, 6.45) is 2.66. The van der Waals surface area contributed by atoms with Crippen LogP contribution in [0.25, 0.3) is 0 Å². The van der Waals surface area contributed by atoms with Crippen molar-refractivity contribution in [1.29, 1.82) is 0 Å². The SMILES string of the molecule is C[C@H](Oc1coc(C[NH+]2CCN(C(=O)c3ccco3)CC2)cc1=O)c1ccccc1. The maximum Gasteiger partial charge on any atom is 0.289 e. The van der Waals surface area contributed by atoms with Crippen LogP contribution in [0.4, 0.5) is 0 Å². The predicted octanol–water partition coefficient (Wildman–Crippen LogP) is 1.91. The highest BCUT2D eigenvalue weighted by Gasteiger charge is 2.26. The third-order valence-corrected chi connectivity index (χ3v) is 5.34. The molecule has 2 aromatic heterocycles. The van der Waals surface area contributed by atoms with Crippen molar-refractivity contribution in [2.45, 2.75) is 19.6 Å². The van der Waals surface area contributed by atoms with Crippen LogP contribution in [0, 0.1) is 0 Å². The highest BCUT2D eigenvalue weighted by Crippen LogP contribution is 2.19. The molecule has 0 aliphatic carbocycles. The van der Waals surface area contributed by atoms with Crippen molar-refractivity contribution in [1.82, 2.24) is 4.90 Å². The summed E-state index contributed by atoms with van der Waals surface area (Å²) in [5.41, 5.74) is 0.803. The number of benzene rings is 1. The summed E-state index contributed by atoms with van der Waals surface area (Å²) < 4.78 is 16.6. The van der Waals surface area contributed by atoms with E-state index < -0.39 is 0 Å². The third-order valence-electron chi connectivity index (χ3n) is 5.34. The molecule has 0 unspecified atom stereocenters. The molecule has 0 bridgehead atoms. The van der Waals surface area contributed by atoms with Gasteiger partial charge in [-0.2, -0.15) is 0 Å². The molecular formula is C23H25N2O5+. The van der Waals surface area contributed by atoms with Gasteiger partial charge in [0, 0.05) is 6.07 Å². The van der Waals surface area contributed by atoms with E-state index in [2.05, 4.69) is 0 Å². The van der Waals surface area contributed by atoms with E-state index in [1.807, 2.05) is 37.3 Å². The molecule has 7 heteroatoms. The Labute approximate surface area is 174 Å². The largest absolute Gasteiger partial charge is 0.479 e. The zero-order valence-electron chi connectivity index (χ0n) is 16.9. The van der Waals surface area contributed by atoms with Gasteiger partial charge in [0.2, 0.25) is 11.2 Å². The molecule has 1 atom stereocenters. The van der Waals surface area contributed by atoms with Crippen LogP contribution in [0.5, 0.6) is 5.75 Å². The molecule has 30 heavy (non-hydrogen) atoms. The average Bonchev–Trinajstić information content (AvgIpc) is 3.31. The molecule has 156 valence electrons. The van der Waals surface area contributed by atoms with E-state index >= 15 is 0 Å². The highest BCUT2D eigenvalue weighted by molar-refractivity contribution is 5.91. The Kier molecular flexibility index (Phi) is 5.99. The second-order valence-electron chi connectivity index (χ2n) is 7.44. The number of carbonyl (C=O) groups is 1. The van der Waals surface area contributed by atoms with Gasteiger partial charge >= 0.3 is 0 Å². The van der Waals surface area contributed by atoms with E-state index in [9.17, 15) is 9.59 Å². The molecule has 1 N–H and O–H groups in total. The Morgan fingerprint density at radius 3 is 2.57 bits per heavy atom. The minimum Gasteiger partial charge on any atom is -0.479 e. The van der Waals surface area contributed by atoms with Gasteiger partial charge in [-0.05, 0) is 24.6 Å². The first-order valence-corrected chi connectivity index (χ1v) is 10.1. The molecule has 0 spiro atoms. The van der Waals surface area contributed by atoms with Crippen molar-refractivity contribution < 1.29 is 23.3 Å². The summed E-state index contributed by atoms with van der Waals surface area (Å²) >= 11 is 0. The van der Waals surface area contributed by atoms with E-state index in [0.29, 0.717) is 31.2 Å². The molecule has 1 fully saturated rings. The number of amides is 1. The monoisotopic (exact) mass is 409 g/mol. The van der Waals surface area contributed by atoms with Crippen LogP contribution < -0.4 is 15.1 Å². The number of furan rings is 1. The first kappa shape index (κ1) is 20.0.